The summed E-state index contributed by atoms with van der Waals surface area (Å²) in [5.74, 6) is 0. The van der Waals surface area contributed by atoms with Gasteiger partial charge in [-0.05, 0) is 67.1 Å². The Hall–Kier alpha value is -6.06. The lowest BCUT2D eigenvalue weighted by atomic mass is 10.1. The van der Waals surface area contributed by atoms with Gasteiger partial charge in [0.15, 0.2) is 0 Å². The molecule has 0 unspecified atom stereocenters. The van der Waals surface area contributed by atoms with Crippen LogP contribution in [0.1, 0.15) is 5.56 Å². The molecular weight excluding hydrogens is 558 g/mol. The van der Waals surface area contributed by atoms with Gasteiger partial charge in [-0.3, -0.25) is 0 Å². The van der Waals surface area contributed by atoms with Crippen LogP contribution in [-0.4, -0.2) is 13.7 Å². The maximum atomic E-state index is 2.51. The zero-order chi connectivity index (χ0) is 30.4. The Kier molecular flexibility index (Phi) is 5.20. The zero-order valence-electron chi connectivity index (χ0n) is 25.4. The van der Waals surface area contributed by atoms with Gasteiger partial charge in [0.05, 0.1) is 44.5 Å². The predicted molar refractivity (Wildman–Crippen MR) is 194 cm³/mol. The molecule has 0 bridgehead atoms. The molecule has 0 aliphatic rings. The summed E-state index contributed by atoms with van der Waals surface area (Å²) in [7, 11) is 0. The Morgan fingerprint density at radius 3 is 1.28 bits per heavy atom. The Morgan fingerprint density at radius 2 is 0.783 bits per heavy atom. The Balaban J connectivity index is 1.51. The molecule has 46 heavy (non-hydrogen) atoms. The quantitative estimate of drug-likeness (QED) is 0.195. The average Bonchev–Trinajstić information content (AvgIpc) is 3.74. The van der Waals surface area contributed by atoms with Crippen molar-refractivity contribution in [1.82, 2.24) is 13.7 Å². The fourth-order valence-corrected chi connectivity index (χ4v) is 7.81. The van der Waals surface area contributed by atoms with Gasteiger partial charge in [0.2, 0.25) is 0 Å². The second-order valence-corrected chi connectivity index (χ2v) is 12.3. The van der Waals surface area contributed by atoms with Crippen molar-refractivity contribution in [2.45, 2.75) is 6.92 Å². The molecule has 0 atom stereocenters. The number of nitrogens with zero attached hydrogens (tertiary/aromatic N) is 3. The molecule has 3 heteroatoms. The van der Waals surface area contributed by atoms with Crippen molar-refractivity contribution in [3.05, 3.63) is 163 Å². The number of para-hydroxylation sites is 5. The van der Waals surface area contributed by atoms with Gasteiger partial charge in [-0.15, -0.1) is 0 Å². The molecule has 0 aliphatic heterocycles. The summed E-state index contributed by atoms with van der Waals surface area (Å²) < 4.78 is 7.46. The maximum Gasteiger partial charge on any atom is 0.0953 e. The number of aryl methyl sites for hydroxylation is 1. The van der Waals surface area contributed by atoms with E-state index in [9.17, 15) is 0 Å². The molecule has 0 fully saturated rings. The largest absolute Gasteiger partial charge is 0.307 e. The van der Waals surface area contributed by atoms with Crippen molar-refractivity contribution >= 4 is 65.4 Å². The first-order chi connectivity index (χ1) is 22.8. The molecule has 10 rings (SSSR count). The van der Waals surface area contributed by atoms with Crippen LogP contribution in [0.5, 0.6) is 0 Å². The number of hydrogen-bond acceptors (Lipinski definition) is 0. The number of fused-ring (bicyclic) bond motifs is 9. The summed E-state index contributed by atoms with van der Waals surface area (Å²) in [5, 5.41) is 7.49. The van der Waals surface area contributed by atoms with Gasteiger partial charge in [-0.2, -0.15) is 0 Å². The van der Waals surface area contributed by atoms with Crippen molar-refractivity contribution in [3.63, 3.8) is 0 Å². The first-order valence-electron chi connectivity index (χ1n) is 15.9. The SMILES string of the molecule is Cc1cccc(-n2c3ccccc3c3ccc(-n4c5ccccc5c5ccccc54)c(-n4c5ccccc5c5ccccc54)c32)c1. The highest BCUT2D eigenvalue weighted by Gasteiger charge is 2.25. The molecule has 3 heterocycles. The van der Waals surface area contributed by atoms with Crippen LogP contribution in [0.25, 0.3) is 82.5 Å². The third-order valence-electron chi connectivity index (χ3n) is 9.67. The van der Waals surface area contributed by atoms with Crippen LogP contribution >= 0.6 is 0 Å². The van der Waals surface area contributed by atoms with Gasteiger partial charge in [-0.25, -0.2) is 0 Å². The minimum atomic E-state index is 1.15. The first-order valence-corrected chi connectivity index (χ1v) is 15.9. The van der Waals surface area contributed by atoms with E-state index < -0.39 is 0 Å². The summed E-state index contributed by atoms with van der Waals surface area (Å²) in [4.78, 5) is 0. The van der Waals surface area contributed by atoms with E-state index >= 15 is 0 Å². The van der Waals surface area contributed by atoms with Gasteiger partial charge in [0.25, 0.3) is 0 Å². The molecule has 216 valence electrons. The number of aromatic nitrogens is 3. The van der Waals surface area contributed by atoms with Crippen LogP contribution in [0.3, 0.4) is 0 Å². The zero-order valence-corrected chi connectivity index (χ0v) is 25.4. The molecule has 10 aromatic rings. The van der Waals surface area contributed by atoms with E-state index in [0.29, 0.717) is 0 Å². The Labute approximate surface area is 265 Å². The van der Waals surface area contributed by atoms with Crippen molar-refractivity contribution in [1.29, 1.82) is 0 Å². The van der Waals surface area contributed by atoms with Gasteiger partial charge in [0, 0.05) is 38.0 Å². The lowest BCUT2D eigenvalue weighted by molar-refractivity contribution is 1.08. The number of benzene rings is 7. The van der Waals surface area contributed by atoms with Crippen molar-refractivity contribution in [2.24, 2.45) is 0 Å². The van der Waals surface area contributed by atoms with E-state index in [-0.39, 0.29) is 0 Å². The molecular formula is C43H29N3. The number of rotatable bonds is 3. The van der Waals surface area contributed by atoms with E-state index in [1.807, 2.05) is 0 Å². The van der Waals surface area contributed by atoms with Crippen LogP contribution < -0.4 is 0 Å². The topological polar surface area (TPSA) is 14.8 Å². The van der Waals surface area contributed by atoms with Gasteiger partial charge >= 0.3 is 0 Å². The summed E-state index contributed by atoms with van der Waals surface area (Å²) in [6.45, 7) is 2.18. The van der Waals surface area contributed by atoms with E-state index in [0.717, 1.165) is 11.4 Å². The molecule has 0 aliphatic carbocycles. The second-order valence-electron chi connectivity index (χ2n) is 12.3. The van der Waals surface area contributed by atoms with Crippen LogP contribution in [0, 0.1) is 6.92 Å². The molecule has 0 spiro atoms. The fourth-order valence-electron chi connectivity index (χ4n) is 7.81. The molecule has 0 radical (unpaired) electrons. The molecule has 3 nitrogen and oxygen atoms in total. The summed E-state index contributed by atoms with van der Waals surface area (Å²) in [5.41, 5.74) is 11.9. The molecule has 7 aromatic carbocycles. The van der Waals surface area contributed by atoms with Crippen molar-refractivity contribution in [3.8, 4) is 17.1 Å². The van der Waals surface area contributed by atoms with Gasteiger partial charge in [0.1, 0.15) is 0 Å². The summed E-state index contributed by atoms with van der Waals surface area (Å²) in [6, 6.07) is 57.7. The Morgan fingerprint density at radius 1 is 0.348 bits per heavy atom. The van der Waals surface area contributed by atoms with Gasteiger partial charge < -0.3 is 13.7 Å². The molecule has 0 amide bonds. The van der Waals surface area contributed by atoms with Crippen molar-refractivity contribution < 1.29 is 0 Å². The predicted octanol–water partition coefficient (Wildman–Crippen LogP) is 11.3. The summed E-state index contributed by atoms with van der Waals surface area (Å²) >= 11 is 0. The fraction of sp³-hybridized carbons (Fsp3) is 0.0233. The van der Waals surface area contributed by atoms with E-state index in [4.69, 9.17) is 0 Å². The van der Waals surface area contributed by atoms with Crippen LogP contribution in [0.2, 0.25) is 0 Å². The van der Waals surface area contributed by atoms with Gasteiger partial charge in [-0.1, -0.05) is 103 Å². The first kappa shape index (κ1) is 25.3. The minimum Gasteiger partial charge on any atom is -0.307 e. The molecule has 3 aromatic heterocycles. The Bertz CT molecular complexity index is 2720. The lowest BCUT2D eigenvalue weighted by Gasteiger charge is -2.20. The normalized spacial score (nSPS) is 12.0. The van der Waals surface area contributed by atoms with Crippen LogP contribution in [-0.2, 0) is 0 Å². The van der Waals surface area contributed by atoms with E-state index in [1.165, 1.54) is 76.7 Å². The van der Waals surface area contributed by atoms with Crippen molar-refractivity contribution in [2.75, 3.05) is 0 Å². The maximum absolute atomic E-state index is 2.51. The van der Waals surface area contributed by atoms with E-state index in [1.54, 1.807) is 0 Å². The molecule has 0 saturated heterocycles. The lowest BCUT2D eigenvalue weighted by Crippen LogP contribution is -2.07. The van der Waals surface area contributed by atoms with E-state index in [2.05, 4.69) is 178 Å². The monoisotopic (exact) mass is 587 g/mol. The average molecular weight is 588 g/mol. The third kappa shape index (κ3) is 3.37. The van der Waals surface area contributed by atoms with Crippen LogP contribution in [0.15, 0.2) is 158 Å². The second kappa shape index (κ2) is 9.47. The number of hydrogen-bond donors (Lipinski definition) is 0. The van der Waals surface area contributed by atoms with Crippen LogP contribution in [0.4, 0.5) is 0 Å². The highest BCUT2D eigenvalue weighted by atomic mass is 15.1. The smallest absolute Gasteiger partial charge is 0.0953 e. The minimum absolute atomic E-state index is 1.15. The molecule has 0 N–H and O–H groups in total. The highest BCUT2D eigenvalue weighted by Crippen LogP contribution is 2.44. The standard InChI is InChI=1S/C43H29N3/c1-28-13-12-14-29(27-28)44-36-20-7-6-19-34(36)35-25-26-41(45-37-21-8-2-15-30(37)31-16-3-9-22-38(31)45)43(42(35)44)46-39-23-10-4-17-32(39)33-18-5-11-24-40(33)46/h2-27H,1H3. The highest BCUT2D eigenvalue weighted by molar-refractivity contribution is 6.17. The third-order valence-corrected chi connectivity index (χ3v) is 9.67. The summed E-state index contributed by atoms with van der Waals surface area (Å²) in [6.07, 6.45) is 0. The molecule has 0 saturated carbocycles.